The first kappa shape index (κ1) is 18.2. The van der Waals surface area contributed by atoms with Crippen molar-refractivity contribution in [2.45, 2.75) is 26.7 Å². The molecule has 1 heterocycles. The predicted molar refractivity (Wildman–Crippen MR) is 87.8 cm³/mol. The molecular weight excluding hydrogens is 316 g/mol. The maximum absolute atomic E-state index is 13.4. The van der Waals surface area contributed by atoms with Gasteiger partial charge in [0.05, 0.1) is 0 Å². The SMILES string of the molecule is CCCN(CCC)C(=O)CN1CCN(c2ccc(F)c(F)c2)C1=O. The van der Waals surface area contributed by atoms with E-state index in [1.165, 1.54) is 15.9 Å². The van der Waals surface area contributed by atoms with Crippen LogP contribution in [0.1, 0.15) is 26.7 Å². The minimum absolute atomic E-state index is 0.0129. The van der Waals surface area contributed by atoms with E-state index < -0.39 is 11.6 Å². The molecule has 0 spiro atoms. The van der Waals surface area contributed by atoms with E-state index in [2.05, 4.69) is 0 Å². The lowest BCUT2D eigenvalue weighted by Gasteiger charge is -2.25. The van der Waals surface area contributed by atoms with Gasteiger partial charge in [-0.05, 0) is 25.0 Å². The van der Waals surface area contributed by atoms with Crippen molar-refractivity contribution in [3.05, 3.63) is 29.8 Å². The summed E-state index contributed by atoms with van der Waals surface area (Å²) in [5.74, 6) is -2.03. The Morgan fingerprint density at radius 2 is 1.79 bits per heavy atom. The van der Waals surface area contributed by atoms with E-state index in [4.69, 9.17) is 0 Å². The lowest BCUT2D eigenvalue weighted by atomic mass is 10.3. The molecule has 1 aromatic rings. The molecule has 1 saturated heterocycles. The quantitative estimate of drug-likeness (QED) is 0.767. The Hall–Kier alpha value is -2.18. The van der Waals surface area contributed by atoms with Crippen molar-refractivity contribution in [2.24, 2.45) is 0 Å². The first-order chi connectivity index (χ1) is 11.5. The van der Waals surface area contributed by atoms with Gasteiger partial charge in [0.15, 0.2) is 11.6 Å². The zero-order valence-corrected chi connectivity index (χ0v) is 14.1. The van der Waals surface area contributed by atoms with E-state index in [9.17, 15) is 18.4 Å². The molecule has 0 unspecified atom stereocenters. The second kappa shape index (κ2) is 8.08. The number of nitrogens with zero attached hydrogens (tertiary/aromatic N) is 3. The zero-order valence-electron chi connectivity index (χ0n) is 14.1. The normalized spacial score (nSPS) is 14.4. The smallest absolute Gasteiger partial charge is 0.325 e. The Kier molecular flexibility index (Phi) is 6.11. The number of rotatable bonds is 7. The van der Waals surface area contributed by atoms with Crippen LogP contribution in [-0.4, -0.2) is 54.5 Å². The Labute approximate surface area is 140 Å². The lowest BCUT2D eigenvalue weighted by Crippen LogP contribution is -2.42. The van der Waals surface area contributed by atoms with E-state index in [0.717, 1.165) is 25.0 Å². The van der Waals surface area contributed by atoms with Gasteiger partial charge < -0.3 is 9.80 Å². The highest BCUT2D eigenvalue weighted by atomic mass is 19.2. The molecule has 0 aliphatic carbocycles. The van der Waals surface area contributed by atoms with E-state index >= 15 is 0 Å². The third kappa shape index (κ3) is 4.01. The number of benzene rings is 1. The zero-order chi connectivity index (χ0) is 17.7. The number of anilines is 1. The summed E-state index contributed by atoms with van der Waals surface area (Å²) < 4.78 is 26.4. The Balaban J connectivity index is 2.02. The standard InChI is InChI=1S/C17H23F2N3O2/c1-3-7-20(8-4-2)16(23)12-21-9-10-22(17(21)24)13-5-6-14(18)15(19)11-13/h5-6,11H,3-4,7-10,12H2,1-2H3. The van der Waals surface area contributed by atoms with Crippen LogP contribution >= 0.6 is 0 Å². The molecule has 132 valence electrons. The monoisotopic (exact) mass is 339 g/mol. The van der Waals surface area contributed by atoms with Gasteiger partial charge in [-0.2, -0.15) is 0 Å². The van der Waals surface area contributed by atoms with Crippen LogP contribution in [0, 0.1) is 11.6 Å². The molecule has 0 saturated carbocycles. The number of hydrogen-bond acceptors (Lipinski definition) is 2. The predicted octanol–water partition coefficient (Wildman–Crippen LogP) is 2.86. The number of carbonyl (C=O) groups is 2. The molecule has 24 heavy (non-hydrogen) atoms. The van der Waals surface area contributed by atoms with E-state index in [0.29, 0.717) is 31.9 Å². The average Bonchev–Trinajstić information content (AvgIpc) is 2.91. The fourth-order valence-corrected chi connectivity index (χ4v) is 2.79. The van der Waals surface area contributed by atoms with Gasteiger partial charge in [-0.3, -0.25) is 9.69 Å². The number of amides is 3. The van der Waals surface area contributed by atoms with Crippen molar-refractivity contribution in [3.8, 4) is 0 Å². The Morgan fingerprint density at radius 3 is 2.38 bits per heavy atom. The summed E-state index contributed by atoms with van der Waals surface area (Å²) in [7, 11) is 0. The molecule has 1 aromatic carbocycles. The molecule has 5 nitrogen and oxygen atoms in total. The van der Waals surface area contributed by atoms with Crippen LogP contribution in [0.5, 0.6) is 0 Å². The van der Waals surface area contributed by atoms with Crippen LogP contribution in [0.15, 0.2) is 18.2 Å². The van der Waals surface area contributed by atoms with Gasteiger partial charge >= 0.3 is 6.03 Å². The molecule has 0 atom stereocenters. The van der Waals surface area contributed by atoms with Crippen molar-refractivity contribution in [1.29, 1.82) is 0 Å². The number of hydrogen-bond donors (Lipinski definition) is 0. The Bertz CT molecular complexity index is 603. The van der Waals surface area contributed by atoms with E-state index in [-0.39, 0.29) is 18.5 Å². The highest BCUT2D eigenvalue weighted by Crippen LogP contribution is 2.22. The molecule has 0 N–H and O–H groups in total. The summed E-state index contributed by atoms with van der Waals surface area (Å²) in [5, 5.41) is 0. The van der Waals surface area contributed by atoms with Crippen LogP contribution in [0.2, 0.25) is 0 Å². The minimum atomic E-state index is -0.994. The number of halogens is 2. The van der Waals surface area contributed by atoms with Crippen LogP contribution in [-0.2, 0) is 4.79 Å². The molecule has 2 rings (SSSR count). The maximum atomic E-state index is 13.4. The molecule has 7 heteroatoms. The largest absolute Gasteiger partial charge is 0.341 e. The highest BCUT2D eigenvalue weighted by molar-refractivity contribution is 5.96. The fourth-order valence-electron chi connectivity index (χ4n) is 2.79. The molecule has 1 fully saturated rings. The Morgan fingerprint density at radius 1 is 1.12 bits per heavy atom. The van der Waals surface area contributed by atoms with Crippen LogP contribution < -0.4 is 4.90 Å². The highest BCUT2D eigenvalue weighted by Gasteiger charge is 2.32. The molecule has 0 bridgehead atoms. The summed E-state index contributed by atoms with van der Waals surface area (Å²) >= 11 is 0. The first-order valence-electron chi connectivity index (χ1n) is 8.27. The number of carbonyl (C=O) groups excluding carboxylic acids is 2. The van der Waals surface area contributed by atoms with Gasteiger partial charge in [-0.25, -0.2) is 13.6 Å². The molecule has 0 radical (unpaired) electrons. The van der Waals surface area contributed by atoms with Crippen LogP contribution in [0.25, 0.3) is 0 Å². The second-order valence-electron chi connectivity index (χ2n) is 5.83. The summed E-state index contributed by atoms with van der Waals surface area (Å²) in [6.45, 7) is 6.08. The first-order valence-corrected chi connectivity index (χ1v) is 8.27. The summed E-state index contributed by atoms with van der Waals surface area (Å²) in [6.07, 6.45) is 1.72. The van der Waals surface area contributed by atoms with Gasteiger partial charge in [0.1, 0.15) is 6.54 Å². The molecule has 0 aromatic heterocycles. The summed E-state index contributed by atoms with van der Waals surface area (Å²) in [6, 6.07) is 3.00. The second-order valence-corrected chi connectivity index (χ2v) is 5.83. The minimum Gasteiger partial charge on any atom is -0.341 e. The molecular formula is C17H23F2N3O2. The van der Waals surface area contributed by atoms with E-state index in [1.54, 1.807) is 4.90 Å². The third-order valence-electron chi connectivity index (χ3n) is 3.98. The van der Waals surface area contributed by atoms with Crippen LogP contribution in [0.3, 0.4) is 0 Å². The summed E-state index contributed by atoms with van der Waals surface area (Å²) in [4.78, 5) is 29.4. The molecule has 3 amide bonds. The summed E-state index contributed by atoms with van der Waals surface area (Å²) in [5.41, 5.74) is 0.299. The van der Waals surface area contributed by atoms with Crippen molar-refractivity contribution in [3.63, 3.8) is 0 Å². The molecule has 1 aliphatic heterocycles. The average molecular weight is 339 g/mol. The van der Waals surface area contributed by atoms with Crippen molar-refractivity contribution in [1.82, 2.24) is 9.80 Å². The third-order valence-corrected chi connectivity index (χ3v) is 3.98. The van der Waals surface area contributed by atoms with E-state index in [1.807, 2.05) is 13.8 Å². The van der Waals surface area contributed by atoms with Crippen LogP contribution in [0.4, 0.5) is 19.3 Å². The number of urea groups is 1. The van der Waals surface area contributed by atoms with Gasteiger partial charge in [0.25, 0.3) is 0 Å². The topological polar surface area (TPSA) is 43.9 Å². The van der Waals surface area contributed by atoms with Gasteiger partial charge in [0.2, 0.25) is 5.91 Å². The van der Waals surface area contributed by atoms with Crippen molar-refractivity contribution >= 4 is 17.6 Å². The van der Waals surface area contributed by atoms with Gasteiger partial charge in [-0.1, -0.05) is 13.8 Å². The fraction of sp³-hybridized carbons (Fsp3) is 0.529. The van der Waals surface area contributed by atoms with Gasteiger partial charge in [-0.15, -0.1) is 0 Å². The lowest BCUT2D eigenvalue weighted by molar-refractivity contribution is -0.131. The molecule has 1 aliphatic rings. The maximum Gasteiger partial charge on any atom is 0.325 e. The van der Waals surface area contributed by atoms with Crippen molar-refractivity contribution < 1.29 is 18.4 Å². The van der Waals surface area contributed by atoms with Gasteiger partial charge in [0, 0.05) is 37.9 Å². The van der Waals surface area contributed by atoms with Crippen molar-refractivity contribution in [2.75, 3.05) is 37.6 Å².